The summed E-state index contributed by atoms with van der Waals surface area (Å²) in [6, 6.07) is 13.8. The van der Waals surface area contributed by atoms with Crippen LogP contribution in [-0.2, 0) is 12.6 Å². The van der Waals surface area contributed by atoms with Crippen molar-refractivity contribution >= 4 is 34.9 Å². The van der Waals surface area contributed by atoms with Crippen LogP contribution in [-0.4, -0.2) is 12.0 Å². The minimum Gasteiger partial charge on any atom is -0.388 e. The Morgan fingerprint density at radius 1 is 1.07 bits per heavy atom. The van der Waals surface area contributed by atoms with Gasteiger partial charge in [-0.3, -0.25) is 4.98 Å². The summed E-state index contributed by atoms with van der Waals surface area (Å²) in [4.78, 5) is 4.92. The molecule has 2 aromatic carbocycles. The van der Waals surface area contributed by atoms with Crippen LogP contribution in [0.25, 0.3) is 0 Å². The zero-order valence-corrected chi connectivity index (χ0v) is 17.3. The Morgan fingerprint density at radius 3 is 2.45 bits per heavy atom. The third kappa shape index (κ3) is 5.58. The average Bonchev–Trinajstić information content (AvgIpc) is 2.69. The van der Waals surface area contributed by atoms with Gasteiger partial charge < -0.3 is 10.0 Å². The lowest BCUT2D eigenvalue weighted by molar-refractivity contribution is -0.137. The van der Waals surface area contributed by atoms with Crippen molar-refractivity contribution in [2.75, 3.05) is 17.1 Å². The van der Waals surface area contributed by atoms with Crippen LogP contribution in [0.3, 0.4) is 0 Å². The van der Waals surface area contributed by atoms with E-state index in [1.54, 1.807) is 12.3 Å². The molecule has 0 saturated carbocycles. The molecule has 3 aromatic rings. The van der Waals surface area contributed by atoms with E-state index in [0.717, 1.165) is 46.2 Å². The van der Waals surface area contributed by atoms with Gasteiger partial charge in [0.1, 0.15) is 0 Å². The number of nitrogens with one attached hydrogen (secondary N) is 2. The number of hydrogen-bond acceptors (Lipinski definition) is 4. The number of hydrogen-bond donors (Lipinski definition) is 2. The molecule has 0 aliphatic heterocycles. The van der Waals surface area contributed by atoms with Gasteiger partial charge in [-0.15, -0.1) is 0 Å². The molecule has 152 valence electrons. The van der Waals surface area contributed by atoms with E-state index in [0.29, 0.717) is 11.3 Å². The standard InChI is InChI=1S/C21H19ClF3N3S/c1-13-9-20(19(27-12-13)10-14-3-5-15(26-2)6-4-14)28-29-16-7-8-18(22)17(11-16)21(23,24)25/h3-9,11-12,26,28H,10H2,1-2H3. The highest BCUT2D eigenvalue weighted by atomic mass is 35.5. The number of alkyl halides is 3. The molecular weight excluding hydrogens is 419 g/mol. The van der Waals surface area contributed by atoms with Crippen molar-refractivity contribution < 1.29 is 13.2 Å². The van der Waals surface area contributed by atoms with E-state index in [9.17, 15) is 13.2 Å². The molecule has 0 aliphatic carbocycles. The molecule has 0 radical (unpaired) electrons. The van der Waals surface area contributed by atoms with Crippen LogP contribution in [0, 0.1) is 6.92 Å². The van der Waals surface area contributed by atoms with E-state index in [1.807, 2.05) is 44.3 Å². The Kier molecular flexibility index (Phi) is 6.59. The van der Waals surface area contributed by atoms with Gasteiger partial charge in [0.2, 0.25) is 0 Å². The fourth-order valence-corrected chi connectivity index (χ4v) is 3.65. The van der Waals surface area contributed by atoms with Gasteiger partial charge in [-0.25, -0.2) is 0 Å². The van der Waals surface area contributed by atoms with Crippen LogP contribution in [0.5, 0.6) is 0 Å². The Morgan fingerprint density at radius 2 is 1.79 bits per heavy atom. The molecule has 2 N–H and O–H groups in total. The highest BCUT2D eigenvalue weighted by Crippen LogP contribution is 2.37. The van der Waals surface area contributed by atoms with Crippen molar-refractivity contribution in [1.82, 2.24) is 4.98 Å². The predicted octanol–water partition coefficient (Wildman–Crippen LogP) is 6.81. The van der Waals surface area contributed by atoms with Crippen LogP contribution in [0.2, 0.25) is 5.02 Å². The quantitative estimate of drug-likeness (QED) is 0.415. The number of aromatic nitrogens is 1. The van der Waals surface area contributed by atoms with Crippen LogP contribution >= 0.6 is 23.5 Å². The minimum atomic E-state index is -4.50. The normalized spacial score (nSPS) is 11.4. The third-order valence-electron chi connectivity index (χ3n) is 4.24. The highest BCUT2D eigenvalue weighted by molar-refractivity contribution is 8.00. The largest absolute Gasteiger partial charge is 0.417 e. The van der Waals surface area contributed by atoms with Crippen molar-refractivity contribution in [3.63, 3.8) is 0 Å². The first kappa shape index (κ1) is 21.3. The second-order valence-electron chi connectivity index (χ2n) is 6.47. The molecular formula is C21H19ClF3N3S. The fraction of sp³-hybridized carbons (Fsp3) is 0.190. The first-order valence-corrected chi connectivity index (χ1v) is 9.97. The molecule has 0 saturated heterocycles. The second kappa shape index (κ2) is 8.97. The number of pyridine rings is 1. The maximum absolute atomic E-state index is 13.1. The SMILES string of the molecule is CNc1ccc(Cc2ncc(C)cc2NSc2ccc(Cl)c(C(F)(F)F)c2)cc1. The van der Waals surface area contributed by atoms with Gasteiger partial charge >= 0.3 is 6.18 Å². The predicted molar refractivity (Wildman–Crippen MR) is 114 cm³/mol. The summed E-state index contributed by atoms with van der Waals surface area (Å²) in [7, 11) is 1.86. The third-order valence-corrected chi connectivity index (χ3v) is 5.38. The molecule has 3 nitrogen and oxygen atoms in total. The Labute approximate surface area is 176 Å². The zero-order valence-electron chi connectivity index (χ0n) is 15.8. The number of halogens is 4. The van der Waals surface area contributed by atoms with E-state index in [2.05, 4.69) is 15.0 Å². The lowest BCUT2D eigenvalue weighted by Gasteiger charge is -2.14. The number of rotatable bonds is 6. The van der Waals surface area contributed by atoms with Gasteiger partial charge in [-0.2, -0.15) is 13.2 Å². The van der Waals surface area contributed by atoms with Crippen LogP contribution in [0.15, 0.2) is 59.6 Å². The summed E-state index contributed by atoms with van der Waals surface area (Å²) in [5, 5.41) is 2.76. The van der Waals surface area contributed by atoms with Gasteiger partial charge in [0, 0.05) is 30.2 Å². The number of nitrogens with zero attached hydrogens (tertiary/aromatic N) is 1. The maximum Gasteiger partial charge on any atom is 0.417 e. The Hall–Kier alpha value is -2.38. The summed E-state index contributed by atoms with van der Waals surface area (Å²) in [6.45, 7) is 1.92. The molecule has 1 heterocycles. The summed E-state index contributed by atoms with van der Waals surface area (Å²) in [6.07, 6.45) is -2.12. The van der Waals surface area contributed by atoms with E-state index in [1.165, 1.54) is 6.07 Å². The molecule has 8 heteroatoms. The zero-order chi connectivity index (χ0) is 21.0. The monoisotopic (exact) mass is 437 g/mol. The fourth-order valence-electron chi connectivity index (χ4n) is 2.71. The smallest absolute Gasteiger partial charge is 0.388 e. The molecule has 29 heavy (non-hydrogen) atoms. The summed E-state index contributed by atoms with van der Waals surface area (Å²) in [5.74, 6) is 0. The molecule has 1 aromatic heterocycles. The summed E-state index contributed by atoms with van der Waals surface area (Å²) >= 11 is 6.79. The summed E-state index contributed by atoms with van der Waals surface area (Å²) < 4.78 is 42.4. The second-order valence-corrected chi connectivity index (χ2v) is 7.76. The van der Waals surface area contributed by atoms with E-state index in [-0.39, 0.29) is 5.02 Å². The molecule has 0 atom stereocenters. The first-order valence-electron chi connectivity index (χ1n) is 8.78. The molecule has 0 fully saturated rings. The van der Waals surface area contributed by atoms with Gasteiger partial charge in [0.15, 0.2) is 0 Å². The summed E-state index contributed by atoms with van der Waals surface area (Å²) in [5.41, 5.74) is 3.77. The van der Waals surface area contributed by atoms with Crippen molar-refractivity contribution in [2.24, 2.45) is 0 Å². The maximum atomic E-state index is 13.1. The van der Waals surface area contributed by atoms with E-state index in [4.69, 9.17) is 11.6 Å². The minimum absolute atomic E-state index is 0.315. The van der Waals surface area contributed by atoms with Gasteiger partial charge in [-0.05, 0) is 66.4 Å². The lowest BCUT2D eigenvalue weighted by Crippen LogP contribution is -2.06. The van der Waals surface area contributed by atoms with E-state index >= 15 is 0 Å². The van der Waals surface area contributed by atoms with Crippen molar-refractivity contribution in [2.45, 2.75) is 24.4 Å². The topological polar surface area (TPSA) is 37.0 Å². The number of anilines is 2. The highest BCUT2D eigenvalue weighted by Gasteiger charge is 2.33. The average molecular weight is 438 g/mol. The first-order chi connectivity index (χ1) is 13.8. The van der Waals surface area contributed by atoms with Gasteiger partial charge in [-0.1, -0.05) is 23.7 Å². The van der Waals surface area contributed by atoms with Gasteiger partial charge in [0.25, 0.3) is 0 Å². The molecule has 0 spiro atoms. The Balaban J connectivity index is 1.79. The lowest BCUT2D eigenvalue weighted by atomic mass is 10.1. The van der Waals surface area contributed by atoms with E-state index < -0.39 is 11.7 Å². The molecule has 0 aliphatic rings. The van der Waals surface area contributed by atoms with Crippen LogP contribution in [0.4, 0.5) is 24.5 Å². The molecule has 3 rings (SSSR count). The van der Waals surface area contributed by atoms with Crippen molar-refractivity contribution in [3.05, 3.63) is 82.1 Å². The number of aryl methyl sites for hydroxylation is 1. The molecule has 0 amide bonds. The molecule has 0 unspecified atom stereocenters. The Bertz CT molecular complexity index is 991. The van der Waals surface area contributed by atoms with Crippen LogP contribution in [0.1, 0.15) is 22.4 Å². The van der Waals surface area contributed by atoms with Crippen molar-refractivity contribution in [3.8, 4) is 0 Å². The molecule has 0 bridgehead atoms. The number of benzene rings is 2. The van der Waals surface area contributed by atoms with Crippen molar-refractivity contribution in [1.29, 1.82) is 0 Å². The van der Waals surface area contributed by atoms with Gasteiger partial charge in [0.05, 0.1) is 22.0 Å². The van der Waals surface area contributed by atoms with Crippen LogP contribution < -0.4 is 10.0 Å².